The van der Waals surface area contributed by atoms with Gasteiger partial charge in [0.15, 0.2) is 0 Å². The van der Waals surface area contributed by atoms with E-state index in [1.54, 1.807) is 14.2 Å². The van der Waals surface area contributed by atoms with E-state index in [1.807, 2.05) is 91.0 Å². The number of nitrogens with zero attached hydrogens (tertiary/aromatic N) is 2. The summed E-state index contributed by atoms with van der Waals surface area (Å²) in [4.78, 5) is 14.4. The molecule has 0 amide bonds. The Hall–Kier alpha value is -6.13. The first-order chi connectivity index (χ1) is 26.1. The molecule has 1 aromatic heterocycles. The molecule has 0 atom stereocenters. The molecule has 6 nitrogen and oxygen atoms in total. The first-order valence-corrected chi connectivity index (χ1v) is 20.6. The Morgan fingerprint density at radius 1 is 0.472 bits per heavy atom. The van der Waals surface area contributed by atoms with Gasteiger partial charge in [-0.1, -0.05) is 0 Å². The van der Waals surface area contributed by atoms with Gasteiger partial charge in [0, 0.05) is 0 Å². The van der Waals surface area contributed by atoms with Crippen LogP contribution in [0.4, 0.5) is 0 Å². The molecule has 256 valence electrons. The number of nitrogens with one attached hydrogen (secondary N) is 1. The van der Waals surface area contributed by atoms with Gasteiger partial charge in [-0.3, -0.25) is 0 Å². The number of methoxy groups -OCH3 is 2. The fourth-order valence-corrected chi connectivity index (χ4v) is 11.3. The zero-order valence-electron chi connectivity index (χ0n) is 29.0. The average Bonchev–Trinajstić information content (AvgIpc) is 4.04. The average molecular weight is 803 g/mol. The van der Waals surface area contributed by atoms with Gasteiger partial charge in [-0.05, 0) is 0 Å². The third-order valence-corrected chi connectivity index (χ3v) is 13.9. The van der Waals surface area contributed by atoms with Gasteiger partial charge in [0.25, 0.3) is 0 Å². The number of fused-ring (bicyclic) bond motifs is 6. The summed E-state index contributed by atoms with van der Waals surface area (Å²) in [5.74, 6) is 1.54. The van der Waals surface area contributed by atoms with Crippen molar-refractivity contribution in [2.24, 2.45) is 9.98 Å². The Labute approximate surface area is 314 Å². The number of hydrogen-bond donors (Lipinski definition) is 1. The molecule has 0 fully saturated rings. The standard InChI is InChI=1S/C46H33N3O3Te/c1-51-33-17-13-31(14-18-33)43-35-21-22-36(47-35)44(32-15-19-34(52-2)20-16-32)38-24-26-40(49-38)46(30-11-7-4-8-12-30)42-28-27-41(53(42)50)45(29-9-5-3-6-10-29)39-25-23-37(43)48-39/h3-28,48H,1-2H3. The summed E-state index contributed by atoms with van der Waals surface area (Å²) in [6.07, 6.45) is 12.3. The SMILES string of the molecule is COc1ccc(C2=C3C=CC(=N3)C(c3ccc(OC)cc3)=c3ccc([nH]3)=C(c3ccccc3)C3=CC=C(C(c4ccccc4)=C4C=CC2=N4)[Te]3=O)cc1. The Bertz CT molecular complexity index is 2710. The van der Waals surface area contributed by atoms with Gasteiger partial charge in [0.1, 0.15) is 0 Å². The van der Waals surface area contributed by atoms with Crippen LogP contribution in [-0.2, 0) is 3.10 Å². The number of benzene rings is 4. The van der Waals surface area contributed by atoms with Crippen molar-refractivity contribution >= 4 is 53.3 Å². The van der Waals surface area contributed by atoms with Gasteiger partial charge >= 0.3 is 316 Å². The number of ether oxygens (including phenoxy) is 2. The zero-order valence-corrected chi connectivity index (χ0v) is 31.4. The quantitative estimate of drug-likeness (QED) is 0.179. The molecule has 0 saturated carbocycles. The third-order valence-electron chi connectivity index (χ3n) is 9.69. The Morgan fingerprint density at radius 2 is 0.906 bits per heavy atom. The van der Waals surface area contributed by atoms with Crippen molar-refractivity contribution in [2.75, 3.05) is 14.2 Å². The van der Waals surface area contributed by atoms with Crippen molar-refractivity contribution in [3.05, 3.63) is 209 Å². The molecule has 1 N–H and O–H groups in total. The summed E-state index contributed by atoms with van der Waals surface area (Å²) < 4.78 is 27.8. The normalized spacial score (nSPS) is 16.6. The van der Waals surface area contributed by atoms with Crippen molar-refractivity contribution in [3.63, 3.8) is 0 Å². The van der Waals surface area contributed by atoms with E-state index in [0.29, 0.717) is 0 Å². The van der Waals surface area contributed by atoms with Gasteiger partial charge in [-0.15, -0.1) is 0 Å². The van der Waals surface area contributed by atoms with Crippen LogP contribution in [-0.4, -0.2) is 50.2 Å². The third kappa shape index (κ3) is 5.94. The van der Waals surface area contributed by atoms with E-state index in [1.165, 1.54) is 0 Å². The first-order valence-electron chi connectivity index (χ1n) is 17.3. The van der Waals surface area contributed by atoms with Crippen molar-refractivity contribution in [1.82, 2.24) is 4.98 Å². The number of hydrogen-bond acceptors (Lipinski definition) is 5. The van der Waals surface area contributed by atoms with Crippen molar-refractivity contribution < 1.29 is 12.6 Å². The molecule has 7 heteroatoms. The molecule has 4 aliphatic heterocycles. The molecular formula is C46H33N3O3Te. The van der Waals surface area contributed by atoms with Gasteiger partial charge in [-0.25, -0.2) is 0 Å². The number of aromatic nitrogens is 1. The van der Waals surface area contributed by atoms with Gasteiger partial charge < -0.3 is 0 Å². The van der Waals surface area contributed by atoms with E-state index in [-0.39, 0.29) is 0 Å². The molecule has 0 aliphatic carbocycles. The van der Waals surface area contributed by atoms with Crippen LogP contribution in [0.1, 0.15) is 22.3 Å². The molecule has 0 spiro atoms. The summed E-state index contributed by atoms with van der Waals surface area (Å²) in [6.45, 7) is 0. The fourth-order valence-electron chi connectivity index (χ4n) is 7.15. The van der Waals surface area contributed by atoms with Crippen LogP contribution in [0, 0.1) is 0 Å². The Morgan fingerprint density at radius 3 is 1.45 bits per heavy atom. The molecule has 5 aromatic rings. The molecule has 0 unspecified atom stereocenters. The number of aliphatic imine (C=N–C) groups is 2. The fraction of sp³-hybridized carbons (Fsp3) is 0.0435. The van der Waals surface area contributed by atoms with Crippen LogP contribution < -0.4 is 20.2 Å². The molecule has 9 rings (SSSR count). The summed E-state index contributed by atoms with van der Waals surface area (Å²) in [7, 11) is 3.34. The van der Waals surface area contributed by atoms with Crippen molar-refractivity contribution in [1.29, 1.82) is 0 Å². The predicted octanol–water partition coefficient (Wildman–Crippen LogP) is 7.65. The molecule has 4 aromatic carbocycles. The maximum atomic E-state index is 15.1. The Balaban J connectivity index is 1.38. The Kier molecular flexibility index (Phi) is 8.52. The summed E-state index contributed by atoms with van der Waals surface area (Å²) in [5, 5.41) is 1.78. The van der Waals surface area contributed by atoms with Gasteiger partial charge in [0.05, 0.1) is 0 Å². The van der Waals surface area contributed by atoms with E-state index in [4.69, 9.17) is 19.5 Å². The van der Waals surface area contributed by atoms with Crippen LogP contribution in [0.25, 0.3) is 22.3 Å². The molecule has 8 bridgehead atoms. The minimum atomic E-state index is -3.40. The molecule has 0 radical (unpaired) electrons. The summed E-state index contributed by atoms with van der Waals surface area (Å²) in [6, 6.07) is 40.6. The second-order valence-electron chi connectivity index (χ2n) is 12.7. The van der Waals surface area contributed by atoms with Crippen LogP contribution in [0.15, 0.2) is 186 Å². The van der Waals surface area contributed by atoms with Crippen LogP contribution >= 0.6 is 0 Å². The van der Waals surface area contributed by atoms with Crippen molar-refractivity contribution in [3.8, 4) is 11.5 Å². The summed E-state index contributed by atoms with van der Waals surface area (Å²) in [5.41, 5.74) is 10.7. The minimum absolute atomic E-state index is 0.767. The number of allylic oxidation sites excluding steroid dienone is 10. The van der Waals surface area contributed by atoms with E-state index in [0.717, 1.165) is 96.8 Å². The topological polar surface area (TPSA) is 76.0 Å². The van der Waals surface area contributed by atoms with Gasteiger partial charge in [0.2, 0.25) is 0 Å². The van der Waals surface area contributed by atoms with E-state index in [2.05, 4.69) is 71.7 Å². The number of aromatic amines is 1. The number of H-pyrrole nitrogens is 1. The molecule has 0 saturated heterocycles. The zero-order chi connectivity index (χ0) is 35.9. The molecule has 5 heterocycles. The van der Waals surface area contributed by atoms with E-state index in [9.17, 15) is 0 Å². The second kappa shape index (κ2) is 13.8. The predicted molar refractivity (Wildman–Crippen MR) is 214 cm³/mol. The molecule has 53 heavy (non-hydrogen) atoms. The van der Waals surface area contributed by atoms with Crippen LogP contribution in [0.5, 0.6) is 11.5 Å². The molecular weight excluding hydrogens is 770 g/mol. The van der Waals surface area contributed by atoms with Gasteiger partial charge in [-0.2, -0.15) is 0 Å². The van der Waals surface area contributed by atoms with Crippen molar-refractivity contribution in [2.45, 2.75) is 0 Å². The van der Waals surface area contributed by atoms with Crippen LogP contribution in [0.2, 0.25) is 0 Å². The summed E-state index contributed by atoms with van der Waals surface area (Å²) >= 11 is -3.40. The second-order valence-corrected chi connectivity index (χ2v) is 16.8. The number of rotatable bonds is 6. The van der Waals surface area contributed by atoms with E-state index >= 15 is 3.10 Å². The molecule has 4 aliphatic rings. The first kappa shape index (κ1) is 32.8. The van der Waals surface area contributed by atoms with Crippen LogP contribution in [0.3, 0.4) is 0 Å². The monoisotopic (exact) mass is 805 g/mol. The maximum absolute atomic E-state index is 15.1. The van der Waals surface area contributed by atoms with E-state index < -0.39 is 19.5 Å².